The van der Waals surface area contributed by atoms with Crippen molar-refractivity contribution < 1.29 is 19.1 Å². The van der Waals surface area contributed by atoms with E-state index in [1.54, 1.807) is 26.0 Å². The van der Waals surface area contributed by atoms with E-state index in [1.165, 1.54) is 0 Å². The van der Waals surface area contributed by atoms with Crippen LogP contribution in [0.4, 0.5) is 0 Å². The monoisotopic (exact) mass is 442 g/mol. The molecule has 0 amide bonds. The van der Waals surface area contributed by atoms with Crippen molar-refractivity contribution in [3.05, 3.63) is 81.5 Å². The van der Waals surface area contributed by atoms with E-state index < -0.39 is 23.6 Å². The van der Waals surface area contributed by atoms with Gasteiger partial charge in [-0.15, -0.1) is 0 Å². The van der Waals surface area contributed by atoms with Crippen molar-refractivity contribution in [2.24, 2.45) is 5.41 Å². The number of cyclic esters (lactones) is 1. The van der Waals surface area contributed by atoms with Gasteiger partial charge >= 0.3 is 5.97 Å². The van der Waals surface area contributed by atoms with Crippen molar-refractivity contribution in [2.75, 3.05) is 0 Å². The minimum Gasteiger partial charge on any atom is -0.486 e. The Kier molecular flexibility index (Phi) is 5.75. The summed E-state index contributed by atoms with van der Waals surface area (Å²) in [5.41, 5.74) is 1.23. The van der Waals surface area contributed by atoms with E-state index in [4.69, 9.17) is 9.47 Å². The second-order valence-electron chi connectivity index (χ2n) is 7.50. The van der Waals surface area contributed by atoms with Gasteiger partial charge in [-0.05, 0) is 45.4 Å². The van der Waals surface area contributed by atoms with Crippen molar-refractivity contribution in [3.8, 4) is 0 Å². The van der Waals surface area contributed by atoms with Crippen molar-refractivity contribution in [2.45, 2.75) is 39.9 Å². The number of hydrogen-bond acceptors (Lipinski definition) is 4. The van der Waals surface area contributed by atoms with Crippen LogP contribution in [0.25, 0.3) is 0 Å². The molecule has 0 aliphatic carbocycles. The molecule has 2 aromatic rings. The number of carbonyl (C=O) groups excluding carboxylic acids is 2. The second kappa shape index (κ2) is 7.92. The molecular weight excluding hydrogens is 420 g/mol. The number of ketones is 1. The maximum atomic E-state index is 12.8. The Morgan fingerprint density at radius 1 is 1.11 bits per heavy atom. The molecule has 1 heterocycles. The fourth-order valence-electron chi connectivity index (χ4n) is 3.47. The zero-order chi connectivity index (χ0) is 20.5. The lowest BCUT2D eigenvalue weighted by Crippen LogP contribution is -2.38. The summed E-state index contributed by atoms with van der Waals surface area (Å²) in [6.07, 6.45) is -1.22. The van der Waals surface area contributed by atoms with E-state index in [1.807, 2.05) is 56.3 Å². The van der Waals surface area contributed by atoms with Crippen LogP contribution in [0.1, 0.15) is 49.7 Å². The molecule has 1 aliphatic heterocycles. The summed E-state index contributed by atoms with van der Waals surface area (Å²) in [6.45, 7) is 7.31. The quantitative estimate of drug-likeness (QED) is 0.444. The lowest BCUT2D eigenvalue weighted by molar-refractivity contribution is -0.156. The second-order valence-corrected chi connectivity index (χ2v) is 8.42. The van der Waals surface area contributed by atoms with Gasteiger partial charge in [-0.2, -0.15) is 0 Å². The molecule has 5 heteroatoms. The molecule has 2 atom stereocenters. The zero-order valence-electron chi connectivity index (χ0n) is 16.4. The van der Waals surface area contributed by atoms with Gasteiger partial charge in [-0.1, -0.05) is 58.4 Å². The Morgan fingerprint density at radius 3 is 2.32 bits per heavy atom. The zero-order valence-corrected chi connectivity index (χ0v) is 17.9. The number of Topliss-reactive ketones (excluding diaryl/α,β-unsaturated/α-hetero) is 1. The summed E-state index contributed by atoms with van der Waals surface area (Å²) in [5, 5.41) is 0. The maximum absolute atomic E-state index is 12.8. The minimum atomic E-state index is -0.729. The van der Waals surface area contributed by atoms with Crippen molar-refractivity contribution >= 4 is 27.7 Å². The van der Waals surface area contributed by atoms with Crippen LogP contribution in [0.2, 0.25) is 0 Å². The number of rotatable bonds is 5. The summed E-state index contributed by atoms with van der Waals surface area (Å²) >= 11 is 3.37. The molecule has 2 aromatic carbocycles. The van der Waals surface area contributed by atoms with E-state index >= 15 is 0 Å². The van der Waals surface area contributed by atoms with Gasteiger partial charge in [0.05, 0.1) is 11.0 Å². The smallest absolute Gasteiger partial charge is 0.337 e. The molecule has 0 bridgehead atoms. The first-order valence-electron chi connectivity index (χ1n) is 9.15. The molecule has 0 radical (unpaired) electrons. The van der Waals surface area contributed by atoms with Crippen LogP contribution in [0.15, 0.2) is 70.4 Å². The average molecular weight is 443 g/mol. The highest BCUT2D eigenvalue weighted by atomic mass is 79.9. The summed E-state index contributed by atoms with van der Waals surface area (Å²) in [5.74, 6) is -0.0687. The third kappa shape index (κ3) is 3.90. The molecule has 4 nitrogen and oxygen atoms in total. The van der Waals surface area contributed by atoms with Crippen LogP contribution in [0.5, 0.6) is 0 Å². The van der Waals surface area contributed by atoms with Crippen LogP contribution < -0.4 is 0 Å². The minimum absolute atomic E-state index is 0.140. The molecule has 0 aromatic heterocycles. The predicted octanol–water partition coefficient (Wildman–Crippen LogP) is 5.64. The first kappa shape index (κ1) is 20.3. The van der Waals surface area contributed by atoms with Gasteiger partial charge in [0.15, 0.2) is 6.10 Å². The Balaban J connectivity index is 1.90. The van der Waals surface area contributed by atoms with Gasteiger partial charge in [0, 0.05) is 10.0 Å². The standard InChI is InChI=1S/C23H23BrO4/c1-14-20(27-15(2)19(25)16-10-12-18(24)13-11-16)23(3,4)21(28-22(14)26)17-8-6-5-7-9-17/h5-13,15,21H,1-4H3/t15-,21-/m1/s1. The number of esters is 1. The number of carbonyl (C=O) groups is 2. The predicted molar refractivity (Wildman–Crippen MR) is 111 cm³/mol. The number of hydrogen-bond donors (Lipinski definition) is 0. The molecule has 28 heavy (non-hydrogen) atoms. The number of benzene rings is 2. The normalized spacial score (nSPS) is 19.8. The highest BCUT2D eigenvalue weighted by Gasteiger charge is 2.45. The van der Waals surface area contributed by atoms with Gasteiger partial charge in [0.2, 0.25) is 5.78 Å². The Labute approximate surface area is 173 Å². The van der Waals surface area contributed by atoms with Gasteiger partial charge < -0.3 is 9.47 Å². The Bertz CT molecular complexity index is 913. The lowest BCUT2D eigenvalue weighted by atomic mass is 9.77. The molecule has 0 saturated carbocycles. The van der Waals surface area contributed by atoms with E-state index in [2.05, 4.69) is 15.9 Å². The molecular formula is C23H23BrO4. The van der Waals surface area contributed by atoms with Crippen molar-refractivity contribution in [1.82, 2.24) is 0 Å². The highest BCUT2D eigenvalue weighted by Crippen LogP contribution is 2.48. The van der Waals surface area contributed by atoms with Crippen LogP contribution in [-0.2, 0) is 14.3 Å². The third-order valence-electron chi connectivity index (χ3n) is 5.01. The molecule has 0 N–H and O–H groups in total. The van der Waals surface area contributed by atoms with Gasteiger partial charge in [-0.3, -0.25) is 4.79 Å². The Hall–Kier alpha value is -2.40. The van der Waals surface area contributed by atoms with E-state index in [0.29, 0.717) is 16.9 Å². The van der Waals surface area contributed by atoms with E-state index in [0.717, 1.165) is 10.0 Å². The SMILES string of the molecule is CC1=C(O[C@H](C)C(=O)c2ccc(Br)cc2)C(C)(C)[C@@H](c2ccccc2)OC1=O. The van der Waals surface area contributed by atoms with E-state index in [9.17, 15) is 9.59 Å². The van der Waals surface area contributed by atoms with Gasteiger partial charge in [-0.25, -0.2) is 4.79 Å². The summed E-state index contributed by atoms with van der Waals surface area (Å²) < 4.78 is 12.7. The Morgan fingerprint density at radius 2 is 1.71 bits per heavy atom. The summed E-state index contributed by atoms with van der Waals surface area (Å²) in [4.78, 5) is 25.3. The van der Waals surface area contributed by atoms with E-state index in [-0.39, 0.29) is 5.78 Å². The fourth-order valence-corrected chi connectivity index (χ4v) is 3.73. The lowest BCUT2D eigenvalue weighted by Gasteiger charge is -2.40. The topological polar surface area (TPSA) is 52.6 Å². The molecule has 146 valence electrons. The van der Waals surface area contributed by atoms with Gasteiger partial charge in [0.25, 0.3) is 0 Å². The molecule has 0 spiro atoms. The van der Waals surface area contributed by atoms with Crippen molar-refractivity contribution in [3.63, 3.8) is 0 Å². The molecule has 1 aliphatic rings. The van der Waals surface area contributed by atoms with Crippen LogP contribution >= 0.6 is 15.9 Å². The number of halogens is 1. The largest absolute Gasteiger partial charge is 0.486 e. The van der Waals surface area contributed by atoms with Crippen LogP contribution in [0, 0.1) is 5.41 Å². The molecule has 3 rings (SSSR count). The van der Waals surface area contributed by atoms with Crippen molar-refractivity contribution in [1.29, 1.82) is 0 Å². The number of ether oxygens (including phenoxy) is 2. The first-order valence-corrected chi connectivity index (χ1v) is 9.95. The molecule has 0 unspecified atom stereocenters. The fraction of sp³-hybridized carbons (Fsp3) is 0.304. The summed E-state index contributed by atoms with van der Waals surface area (Å²) in [6, 6.07) is 16.7. The highest BCUT2D eigenvalue weighted by molar-refractivity contribution is 9.10. The van der Waals surface area contributed by atoms with Crippen LogP contribution in [0.3, 0.4) is 0 Å². The maximum Gasteiger partial charge on any atom is 0.337 e. The van der Waals surface area contributed by atoms with Crippen LogP contribution in [-0.4, -0.2) is 17.9 Å². The summed E-state index contributed by atoms with van der Waals surface area (Å²) in [7, 11) is 0. The van der Waals surface area contributed by atoms with Gasteiger partial charge in [0.1, 0.15) is 11.9 Å². The average Bonchev–Trinajstić information content (AvgIpc) is 2.68. The molecule has 0 fully saturated rings. The third-order valence-corrected chi connectivity index (χ3v) is 5.54. The first-order chi connectivity index (χ1) is 13.2. The molecule has 0 saturated heterocycles.